The summed E-state index contributed by atoms with van der Waals surface area (Å²) in [5.74, 6) is -0.692. The predicted molar refractivity (Wildman–Crippen MR) is 64.7 cm³/mol. The Morgan fingerprint density at radius 3 is 2.35 bits per heavy atom. The summed E-state index contributed by atoms with van der Waals surface area (Å²) >= 11 is 0. The van der Waals surface area contributed by atoms with Crippen LogP contribution in [0, 0.1) is 5.41 Å². The molecular weight excluding hydrogens is 220 g/mol. The highest BCUT2D eigenvalue weighted by molar-refractivity contribution is 5.78. The van der Waals surface area contributed by atoms with Crippen LogP contribution in [0.4, 0.5) is 0 Å². The van der Waals surface area contributed by atoms with Crippen LogP contribution in [0.2, 0.25) is 0 Å². The molecule has 2 N–H and O–H groups in total. The van der Waals surface area contributed by atoms with Crippen LogP contribution in [0.25, 0.3) is 0 Å². The largest absolute Gasteiger partial charge is 0.481 e. The van der Waals surface area contributed by atoms with E-state index in [2.05, 4.69) is 5.32 Å². The van der Waals surface area contributed by atoms with Gasteiger partial charge in [-0.1, -0.05) is 13.3 Å². The minimum atomic E-state index is -0.682. The topological polar surface area (TPSA) is 69.6 Å². The van der Waals surface area contributed by atoms with E-state index in [-0.39, 0.29) is 5.91 Å². The van der Waals surface area contributed by atoms with E-state index in [1.807, 2.05) is 11.8 Å². The Bertz CT molecular complexity index is 283. The number of piperidine rings is 1. The van der Waals surface area contributed by atoms with Gasteiger partial charge in [-0.2, -0.15) is 0 Å². The standard InChI is InChI=1S/C12H22N2O3/c1-3-4-12(11(16)17)5-7-14(8-6-12)9-10(15)13-2/h3-9H2,1-2H3,(H,13,15)(H,16,17). The number of carboxylic acid groups (broad SMARTS) is 1. The SMILES string of the molecule is CCCC1(C(=O)O)CCN(CC(=O)NC)CC1. The molecule has 1 fully saturated rings. The molecule has 1 aliphatic heterocycles. The Morgan fingerprint density at radius 2 is 1.94 bits per heavy atom. The minimum absolute atomic E-state index is 0.0108. The molecule has 17 heavy (non-hydrogen) atoms. The van der Waals surface area contributed by atoms with Crippen LogP contribution < -0.4 is 5.32 Å². The molecule has 98 valence electrons. The van der Waals surface area contributed by atoms with Gasteiger partial charge in [0.15, 0.2) is 0 Å². The van der Waals surface area contributed by atoms with E-state index in [0.29, 0.717) is 32.5 Å². The van der Waals surface area contributed by atoms with Crippen LogP contribution in [-0.4, -0.2) is 48.6 Å². The smallest absolute Gasteiger partial charge is 0.309 e. The number of carbonyl (C=O) groups excluding carboxylic acids is 1. The van der Waals surface area contributed by atoms with Gasteiger partial charge in [-0.3, -0.25) is 14.5 Å². The Labute approximate surface area is 102 Å². The van der Waals surface area contributed by atoms with Crippen molar-refractivity contribution < 1.29 is 14.7 Å². The molecule has 1 saturated heterocycles. The number of nitrogens with zero attached hydrogens (tertiary/aromatic N) is 1. The predicted octanol–water partition coefficient (Wildman–Crippen LogP) is 0.699. The lowest BCUT2D eigenvalue weighted by Crippen LogP contribution is -2.47. The molecule has 1 rings (SSSR count). The van der Waals surface area contributed by atoms with Crippen molar-refractivity contribution in [3.05, 3.63) is 0 Å². The number of carbonyl (C=O) groups is 2. The van der Waals surface area contributed by atoms with Gasteiger partial charge in [0.1, 0.15) is 0 Å². The van der Waals surface area contributed by atoms with Gasteiger partial charge >= 0.3 is 5.97 Å². The van der Waals surface area contributed by atoms with E-state index in [9.17, 15) is 14.7 Å². The second kappa shape index (κ2) is 6.00. The summed E-state index contributed by atoms with van der Waals surface area (Å²) in [6, 6.07) is 0. The zero-order chi connectivity index (χ0) is 12.9. The molecule has 1 aliphatic rings. The summed E-state index contributed by atoms with van der Waals surface area (Å²) in [5.41, 5.74) is -0.562. The van der Waals surface area contributed by atoms with Crippen molar-refractivity contribution in [3.63, 3.8) is 0 Å². The van der Waals surface area contributed by atoms with Crippen molar-refractivity contribution in [3.8, 4) is 0 Å². The maximum atomic E-state index is 11.4. The number of hydrogen-bond acceptors (Lipinski definition) is 3. The number of carboxylic acids is 1. The fourth-order valence-electron chi connectivity index (χ4n) is 2.47. The van der Waals surface area contributed by atoms with E-state index >= 15 is 0 Å². The molecule has 0 unspecified atom stereocenters. The molecule has 0 bridgehead atoms. The van der Waals surface area contributed by atoms with Gasteiger partial charge in [-0.15, -0.1) is 0 Å². The average molecular weight is 242 g/mol. The fraction of sp³-hybridized carbons (Fsp3) is 0.833. The van der Waals surface area contributed by atoms with Crippen LogP contribution in [0.1, 0.15) is 32.6 Å². The van der Waals surface area contributed by atoms with Crippen molar-refractivity contribution in [2.24, 2.45) is 5.41 Å². The number of likely N-dealkylation sites (tertiary alicyclic amines) is 1. The fourth-order valence-corrected chi connectivity index (χ4v) is 2.47. The van der Waals surface area contributed by atoms with E-state index in [4.69, 9.17) is 0 Å². The first-order valence-electron chi connectivity index (χ1n) is 6.20. The summed E-state index contributed by atoms with van der Waals surface area (Å²) in [6.07, 6.45) is 2.91. The van der Waals surface area contributed by atoms with Gasteiger partial charge in [-0.05, 0) is 32.4 Å². The molecule has 0 aromatic heterocycles. The lowest BCUT2D eigenvalue weighted by atomic mass is 9.75. The lowest BCUT2D eigenvalue weighted by Gasteiger charge is -2.38. The molecular formula is C12H22N2O3. The minimum Gasteiger partial charge on any atom is -0.481 e. The summed E-state index contributed by atoms with van der Waals surface area (Å²) in [7, 11) is 1.62. The highest BCUT2D eigenvalue weighted by Crippen LogP contribution is 2.36. The zero-order valence-corrected chi connectivity index (χ0v) is 10.7. The highest BCUT2D eigenvalue weighted by atomic mass is 16.4. The van der Waals surface area contributed by atoms with Gasteiger partial charge in [0.2, 0.25) is 5.91 Å². The highest BCUT2D eigenvalue weighted by Gasteiger charge is 2.40. The van der Waals surface area contributed by atoms with Gasteiger partial charge in [-0.25, -0.2) is 0 Å². The van der Waals surface area contributed by atoms with Crippen LogP contribution in [-0.2, 0) is 9.59 Å². The van der Waals surface area contributed by atoms with E-state index in [1.165, 1.54) is 0 Å². The Balaban J connectivity index is 2.52. The molecule has 0 aromatic carbocycles. The van der Waals surface area contributed by atoms with Gasteiger partial charge in [0, 0.05) is 7.05 Å². The van der Waals surface area contributed by atoms with Crippen molar-refractivity contribution in [2.75, 3.05) is 26.7 Å². The summed E-state index contributed by atoms with van der Waals surface area (Å²) < 4.78 is 0. The number of likely N-dealkylation sites (N-methyl/N-ethyl adjacent to an activating group) is 1. The van der Waals surface area contributed by atoms with Gasteiger partial charge in [0.05, 0.1) is 12.0 Å². The summed E-state index contributed by atoms with van der Waals surface area (Å²) in [4.78, 5) is 24.6. The summed E-state index contributed by atoms with van der Waals surface area (Å²) in [5, 5.41) is 11.9. The molecule has 0 atom stereocenters. The molecule has 1 amide bonds. The lowest BCUT2D eigenvalue weighted by molar-refractivity contribution is -0.152. The van der Waals surface area contributed by atoms with Crippen molar-refractivity contribution in [2.45, 2.75) is 32.6 Å². The van der Waals surface area contributed by atoms with E-state index in [0.717, 1.165) is 12.8 Å². The monoisotopic (exact) mass is 242 g/mol. The van der Waals surface area contributed by atoms with Crippen LogP contribution in [0.15, 0.2) is 0 Å². The third-order valence-corrected chi connectivity index (χ3v) is 3.64. The first-order chi connectivity index (χ1) is 8.04. The van der Waals surface area contributed by atoms with Crippen LogP contribution >= 0.6 is 0 Å². The zero-order valence-electron chi connectivity index (χ0n) is 10.7. The maximum Gasteiger partial charge on any atom is 0.309 e. The average Bonchev–Trinajstić information content (AvgIpc) is 2.31. The Hall–Kier alpha value is -1.10. The molecule has 0 saturated carbocycles. The van der Waals surface area contributed by atoms with E-state index in [1.54, 1.807) is 7.05 Å². The second-order valence-corrected chi connectivity index (χ2v) is 4.78. The normalized spacial score (nSPS) is 19.9. The van der Waals surface area contributed by atoms with Crippen molar-refractivity contribution in [1.29, 1.82) is 0 Å². The number of rotatable bonds is 5. The molecule has 0 aliphatic carbocycles. The first-order valence-corrected chi connectivity index (χ1v) is 6.20. The third-order valence-electron chi connectivity index (χ3n) is 3.64. The van der Waals surface area contributed by atoms with Crippen LogP contribution in [0.5, 0.6) is 0 Å². The molecule has 5 nitrogen and oxygen atoms in total. The number of hydrogen-bond donors (Lipinski definition) is 2. The number of aliphatic carboxylic acids is 1. The quantitative estimate of drug-likeness (QED) is 0.744. The van der Waals surface area contributed by atoms with E-state index < -0.39 is 11.4 Å². The molecule has 0 aromatic rings. The van der Waals surface area contributed by atoms with Crippen LogP contribution in [0.3, 0.4) is 0 Å². The third kappa shape index (κ3) is 3.43. The molecule has 1 heterocycles. The van der Waals surface area contributed by atoms with Crippen molar-refractivity contribution >= 4 is 11.9 Å². The van der Waals surface area contributed by atoms with Crippen molar-refractivity contribution in [1.82, 2.24) is 10.2 Å². The maximum absolute atomic E-state index is 11.4. The first kappa shape index (κ1) is 14.0. The molecule has 0 spiro atoms. The number of amides is 1. The summed E-state index contributed by atoms with van der Waals surface area (Å²) in [6.45, 7) is 3.78. The number of nitrogens with one attached hydrogen (secondary N) is 1. The Kier molecular flexibility index (Phi) is 4.93. The van der Waals surface area contributed by atoms with Gasteiger partial charge < -0.3 is 10.4 Å². The second-order valence-electron chi connectivity index (χ2n) is 4.78. The van der Waals surface area contributed by atoms with Gasteiger partial charge in [0.25, 0.3) is 0 Å². The Morgan fingerprint density at radius 1 is 1.35 bits per heavy atom. The molecule has 5 heteroatoms. The molecule has 0 radical (unpaired) electrons.